The highest BCUT2D eigenvalue weighted by atomic mass is 19.4. The van der Waals surface area contributed by atoms with E-state index in [0.29, 0.717) is 6.07 Å². The molecule has 0 aliphatic heterocycles. The summed E-state index contributed by atoms with van der Waals surface area (Å²) >= 11 is 0. The van der Waals surface area contributed by atoms with Gasteiger partial charge in [0.2, 0.25) is 0 Å². The molecule has 0 atom stereocenters. The van der Waals surface area contributed by atoms with Crippen LogP contribution in [0.5, 0.6) is 17.2 Å². The van der Waals surface area contributed by atoms with E-state index in [1.165, 1.54) is 0 Å². The van der Waals surface area contributed by atoms with E-state index in [4.69, 9.17) is 5.11 Å². The summed E-state index contributed by atoms with van der Waals surface area (Å²) < 4.78 is 83.9. The Balaban J connectivity index is 3.41. The molecular formula is C10H6F6O5. The molecule has 1 N–H and O–H groups in total. The van der Waals surface area contributed by atoms with Gasteiger partial charge in [0.15, 0.2) is 5.75 Å². The van der Waals surface area contributed by atoms with Crippen molar-refractivity contribution in [3.05, 3.63) is 17.7 Å². The van der Waals surface area contributed by atoms with Gasteiger partial charge < -0.3 is 19.3 Å². The normalized spacial score (nSPS) is 12.0. The zero-order chi connectivity index (χ0) is 16.4. The molecule has 118 valence electrons. The maximum absolute atomic E-state index is 12.2. The van der Waals surface area contributed by atoms with Crippen molar-refractivity contribution in [3.63, 3.8) is 0 Å². The van der Waals surface area contributed by atoms with Crippen LogP contribution in [0.1, 0.15) is 10.4 Å². The molecule has 0 heterocycles. The molecule has 1 aromatic rings. The molecule has 5 nitrogen and oxygen atoms in total. The largest absolute Gasteiger partial charge is 0.573 e. The second kappa shape index (κ2) is 5.58. The summed E-state index contributed by atoms with van der Waals surface area (Å²) in [4.78, 5) is 10.9. The summed E-state index contributed by atoms with van der Waals surface area (Å²) in [5.41, 5.74) is -1.09. The fourth-order valence-electron chi connectivity index (χ4n) is 1.34. The molecule has 1 aromatic carbocycles. The zero-order valence-electron chi connectivity index (χ0n) is 10.0. The van der Waals surface area contributed by atoms with Crippen LogP contribution in [-0.2, 0) is 0 Å². The Bertz CT molecular complexity index is 536. The fraction of sp³-hybridized carbons (Fsp3) is 0.300. The maximum atomic E-state index is 12.2. The number of carbonyl (C=O) groups is 1. The lowest BCUT2D eigenvalue weighted by Crippen LogP contribution is -2.21. The third kappa shape index (κ3) is 4.93. The Morgan fingerprint density at radius 2 is 1.48 bits per heavy atom. The van der Waals surface area contributed by atoms with E-state index in [1.54, 1.807) is 0 Å². The molecule has 0 unspecified atom stereocenters. The number of carboxylic acid groups (broad SMARTS) is 1. The van der Waals surface area contributed by atoms with E-state index in [2.05, 4.69) is 14.2 Å². The lowest BCUT2D eigenvalue weighted by molar-refractivity contribution is -0.276. The molecule has 0 bridgehead atoms. The average molecular weight is 320 g/mol. The molecule has 21 heavy (non-hydrogen) atoms. The minimum absolute atomic E-state index is 0.146. The first-order valence-electron chi connectivity index (χ1n) is 4.90. The number of rotatable bonds is 4. The first-order chi connectivity index (χ1) is 9.43. The van der Waals surface area contributed by atoms with Crippen LogP contribution in [0.15, 0.2) is 12.1 Å². The minimum atomic E-state index is -5.31. The number of halogens is 6. The molecule has 0 aliphatic carbocycles. The number of ether oxygens (including phenoxy) is 3. The molecule has 0 aromatic heterocycles. The molecule has 0 saturated heterocycles. The highest BCUT2D eigenvalue weighted by Gasteiger charge is 2.36. The molecule has 0 radical (unpaired) electrons. The number of hydrogen-bond donors (Lipinski definition) is 1. The van der Waals surface area contributed by atoms with Gasteiger partial charge in [-0.15, -0.1) is 26.3 Å². The van der Waals surface area contributed by atoms with Crippen LogP contribution in [-0.4, -0.2) is 30.9 Å². The van der Waals surface area contributed by atoms with Crippen LogP contribution < -0.4 is 14.2 Å². The zero-order valence-corrected chi connectivity index (χ0v) is 10.0. The topological polar surface area (TPSA) is 65.0 Å². The Morgan fingerprint density at radius 3 is 1.86 bits per heavy atom. The average Bonchev–Trinajstić information content (AvgIpc) is 2.22. The van der Waals surface area contributed by atoms with Crippen LogP contribution in [0.4, 0.5) is 26.3 Å². The second-order valence-electron chi connectivity index (χ2n) is 3.40. The quantitative estimate of drug-likeness (QED) is 0.863. The van der Waals surface area contributed by atoms with Crippen molar-refractivity contribution < 1.29 is 50.5 Å². The predicted octanol–water partition coefficient (Wildman–Crippen LogP) is 3.19. The summed E-state index contributed by atoms with van der Waals surface area (Å²) in [6.07, 6.45) is -10.5. The Kier molecular flexibility index (Phi) is 4.44. The van der Waals surface area contributed by atoms with Gasteiger partial charge in [-0.1, -0.05) is 0 Å². The van der Waals surface area contributed by atoms with Gasteiger partial charge in [-0.3, -0.25) is 0 Å². The van der Waals surface area contributed by atoms with Gasteiger partial charge >= 0.3 is 18.7 Å². The van der Waals surface area contributed by atoms with Crippen molar-refractivity contribution in [3.8, 4) is 17.2 Å². The predicted molar refractivity (Wildman–Crippen MR) is 53.3 cm³/mol. The Labute approximate surface area is 112 Å². The van der Waals surface area contributed by atoms with Gasteiger partial charge in [0, 0.05) is 12.1 Å². The van der Waals surface area contributed by atoms with Gasteiger partial charge in [0.25, 0.3) is 0 Å². The van der Waals surface area contributed by atoms with Crippen molar-refractivity contribution in [2.75, 3.05) is 7.11 Å². The molecule has 0 spiro atoms. The van der Waals surface area contributed by atoms with Crippen molar-refractivity contribution in [2.45, 2.75) is 12.7 Å². The Hall–Kier alpha value is -2.33. The number of alkyl halides is 6. The fourth-order valence-corrected chi connectivity index (χ4v) is 1.34. The molecule has 0 saturated carbocycles. The van der Waals surface area contributed by atoms with E-state index in [0.717, 1.165) is 7.11 Å². The second-order valence-corrected chi connectivity index (χ2v) is 3.40. The molecule has 0 fully saturated rings. The maximum Gasteiger partial charge on any atom is 0.573 e. The van der Waals surface area contributed by atoms with Crippen LogP contribution in [0.2, 0.25) is 0 Å². The van der Waals surface area contributed by atoms with Gasteiger partial charge in [0.1, 0.15) is 17.1 Å². The van der Waals surface area contributed by atoms with Gasteiger partial charge in [0.05, 0.1) is 7.11 Å². The Morgan fingerprint density at radius 1 is 1.00 bits per heavy atom. The van der Waals surface area contributed by atoms with Gasteiger partial charge in [-0.05, 0) is 0 Å². The molecule has 0 aliphatic rings. The molecule has 11 heteroatoms. The number of aromatic carboxylic acids is 1. The van der Waals surface area contributed by atoms with E-state index in [9.17, 15) is 31.1 Å². The summed E-state index contributed by atoms with van der Waals surface area (Å²) in [5, 5.41) is 8.81. The lowest BCUT2D eigenvalue weighted by Gasteiger charge is -2.16. The highest BCUT2D eigenvalue weighted by molar-refractivity contribution is 5.94. The summed E-state index contributed by atoms with van der Waals surface area (Å²) in [6.45, 7) is 0. The highest BCUT2D eigenvalue weighted by Crippen LogP contribution is 2.38. The number of methoxy groups -OCH3 is 1. The number of hydrogen-bond acceptors (Lipinski definition) is 4. The monoisotopic (exact) mass is 320 g/mol. The third-order valence-corrected chi connectivity index (χ3v) is 1.93. The molecule has 1 rings (SSSR count). The van der Waals surface area contributed by atoms with E-state index in [-0.39, 0.29) is 6.07 Å². The summed E-state index contributed by atoms with van der Waals surface area (Å²) in [6, 6.07) is 0.618. The number of benzene rings is 1. The minimum Gasteiger partial charge on any atom is -0.496 e. The van der Waals surface area contributed by atoms with E-state index >= 15 is 0 Å². The van der Waals surface area contributed by atoms with Crippen molar-refractivity contribution in [1.82, 2.24) is 0 Å². The van der Waals surface area contributed by atoms with Crippen LogP contribution >= 0.6 is 0 Å². The molecule has 0 amide bonds. The van der Waals surface area contributed by atoms with Crippen molar-refractivity contribution in [1.29, 1.82) is 0 Å². The van der Waals surface area contributed by atoms with Crippen LogP contribution in [0.3, 0.4) is 0 Å². The smallest absolute Gasteiger partial charge is 0.496 e. The third-order valence-electron chi connectivity index (χ3n) is 1.93. The summed E-state index contributed by atoms with van der Waals surface area (Å²) in [7, 11) is 0.858. The standard InChI is InChI=1S/C10H6F6O5/c1-19-5-2-4(20-9(11,12)13)3-6(7(5)8(17)18)21-10(14,15)16/h2-3H,1H3,(H,17,18). The van der Waals surface area contributed by atoms with Crippen LogP contribution in [0.25, 0.3) is 0 Å². The first kappa shape index (κ1) is 16.7. The summed E-state index contributed by atoms with van der Waals surface area (Å²) in [5.74, 6) is -5.19. The van der Waals surface area contributed by atoms with E-state index in [1.807, 2.05) is 0 Å². The molecular weight excluding hydrogens is 314 g/mol. The lowest BCUT2D eigenvalue weighted by atomic mass is 10.1. The van der Waals surface area contributed by atoms with Crippen molar-refractivity contribution in [2.24, 2.45) is 0 Å². The number of carboxylic acids is 1. The SMILES string of the molecule is COc1cc(OC(F)(F)F)cc(OC(F)(F)F)c1C(=O)O. The van der Waals surface area contributed by atoms with Crippen molar-refractivity contribution >= 4 is 5.97 Å². The van der Waals surface area contributed by atoms with Gasteiger partial charge in [-0.25, -0.2) is 4.79 Å². The first-order valence-corrected chi connectivity index (χ1v) is 4.90. The van der Waals surface area contributed by atoms with E-state index < -0.39 is 41.5 Å². The van der Waals surface area contributed by atoms with Crippen LogP contribution in [0, 0.1) is 0 Å². The van der Waals surface area contributed by atoms with Gasteiger partial charge in [-0.2, -0.15) is 0 Å².